The van der Waals surface area contributed by atoms with E-state index in [-0.39, 0.29) is 0 Å². The van der Waals surface area contributed by atoms with Gasteiger partial charge in [0, 0.05) is 39.4 Å². The molecule has 5 rings (SSSR count). The molecule has 1 aliphatic carbocycles. The summed E-state index contributed by atoms with van der Waals surface area (Å²) >= 11 is 0. The number of nitrogens with zero attached hydrogens (tertiary/aromatic N) is 6. The van der Waals surface area contributed by atoms with Gasteiger partial charge in [0.15, 0.2) is 0 Å². The van der Waals surface area contributed by atoms with Crippen molar-refractivity contribution < 1.29 is 0 Å². The first-order valence-electron chi connectivity index (χ1n) is 11.3. The predicted octanol–water partition coefficient (Wildman–Crippen LogP) is 3.46. The molecule has 1 aliphatic heterocycles. The average molecular weight is 418 g/mol. The van der Waals surface area contributed by atoms with Gasteiger partial charge in [-0.3, -0.25) is 14.6 Å². The SMILES string of the molecule is Cc1cccnc1CN1C[C@H]2CC(CNc3ccc(-c4c(C)cnn4C)nn3)C[C@H]2C1. The van der Waals surface area contributed by atoms with Crippen LogP contribution in [0, 0.1) is 31.6 Å². The molecule has 7 heteroatoms. The summed E-state index contributed by atoms with van der Waals surface area (Å²) in [5, 5.41) is 16.6. The van der Waals surface area contributed by atoms with E-state index < -0.39 is 0 Å². The summed E-state index contributed by atoms with van der Waals surface area (Å²) in [6, 6.07) is 8.24. The molecule has 0 aromatic carbocycles. The van der Waals surface area contributed by atoms with Gasteiger partial charge < -0.3 is 5.32 Å². The molecule has 0 amide bonds. The van der Waals surface area contributed by atoms with Crippen LogP contribution in [0.25, 0.3) is 11.4 Å². The molecule has 0 radical (unpaired) electrons. The van der Waals surface area contributed by atoms with Crippen LogP contribution in [0.3, 0.4) is 0 Å². The lowest BCUT2D eigenvalue weighted by Gasteiger charge is -2.19. The van der Waals surface area contributed by atoms with Crippen LogP contribution in [-0.2, 0) is 13.6 Å². The van der Waals surface area contributed by atoms with Gasteiger partial charge in [-0.25, -0.2) is 0 Å². The van der Waals surface area contributed by atoms with E-state index in [2.05, 4.69) is 43.5 Å². The fourth-order valence-electron chi connectivity index (χ4n) is 5.43. The second-order valence-electron chi connectivity index (χ2n) is 9.30. The largest absolute Gasteiger partial charge is 0.368 e. The minimum Gasteiger partial charge on any atom is -0.368 e. The molecule has 7 nitrogen and oxygen atoms in total. The smallest absolute Gasteiger partial charge is 0.148 e. The molecule has 1 saturated carbocycles. The predicted molar refractivity (Wildman–Crippen MR) is 121 cm³/mol. The Labute approximate surface area is 183 Å². The molecular weight excluding hydrogens is 386 g/mol. The Morgan fingerprint density at radius 2 is 1.84 bits per heavy atom. The van der Waals surface area contributed by atoms with Crippen molar-refractivity contribution >= 4 is 5.82 Å². The standard InChI is InChI=1S/C24H31N7/c1-16-5-4-8-25-22(16)15-31-13-19-9-18(10-20(19)14-31)12-26-23-7-6-21(28-29-23)24-17(2)11-27-30(24)3/h4-8,11,18-20H,9-10,12-15H2,1-3H3,(H,26,29)/t18?,19-,20+. The van der Waals surface area contributed by atoms with Crippen LogP contribution in [0.1, 0.15) is 29.7 Å². The van der Waals surface area contributed by atoms with Crippen LogP contribution in [0.15, 0.2) is 36.7 Å². The molecule has 2 aliphatic rings. The number of rotatable bonds is 6. The molecule has 3 atom stereocenters. The van der Waals surface area contributed by atoms with Crippen molar-refractivity contribution in [2.75, 3.05) is 25.0 Å². The van der Waals surface area contributed by atoms with Crippen molar-refractivity contribution in [1.82, 2.24) is 29.9 Å². The maximum absolute atomic E-state index is 4.58. The van der Waals surface area contributed by atoms with Crippen molar-refractivity contribution in [2.45, 2.75) is 33.2 Å². The molecule has 162 valence electrons. The summed E-state index contributed by atoms with van der Waals surface area (Å²) in [5.74, 6) is 3.21. The van der Waals surface area contributed by atoms with Crippen LogP contribution in [0.4, 0.5) is 5.82 Å². The number of anilines is 1. The van der Waals surface area contributed by atoms with E-state index in [1.54, 1.807) is 0 Å². The third-order valence-corrected chi connectivity index (χ3v) is 7.02. The van der Waals surface area contributed by atoms with E-state index in [0.717, 1.165) is 53.6 Å². The van der Waals surface area contributed by atoms with Crippen LogP contribution >= 0.6 is 0 Å². The number of aryl methyl sites for hydroxylation is 3. The van der Waals surface area contributed by atoms with Crippen LogP contribution in [0.5, 0.6) is 0 Å². The quantitative estimate of drug-likeness (QED) is 0.662. The lowest BCUT2D eigenvalue weighted by atomic mass is 10.0. The van der Waals surface area contributed by atoms with Gasteiger partial charge in [-0.2, -0.15) is 5.10 Å². The molecule has 0 spiro atoms. The zero-order valence-electron chi connectivity index (χ0n) is 18.6. The number of aromatic nitrogens is 5. The van der Waals surface area contributed by atoms with E-state index in [1.807, 2.05) is 49.2 Å². The van der Waals surface area contributed by atoms with E-state index in [1.165, 1.54) is 37.2 Å². The number of nitrogens with one attached hydrogen (secondary N) is 1. The summed E-state index contributed by atoms with van der Waals surface area (Å²) in [6.45, 7) is 8.58. The number of hydrogen-bond acceptors (Lipinski definition) is 6. The Morgan fingerprint density at radius 3 is 2.48 bits per heavy atom. The van der Waals surface area contributed by atoms with Gasteiger partial charge in [0.2, 0.25) is 0 Å². The van der Waals surface area contributed by atoms with Crippen molar-refractivity contribution in [3.63, 3.8) is 0 Å². The van der Waals surface area contributed by atoms with Crippen LogP contribution in [-0.4, -0.2) is 49.5 Å². The highest BCUT2D eigenvalue weighted by Crippen LogP contribution is 2.42. The Morgan fingerprint density at radius 1 is 1.03 bits per heavy atom. The first-order valence-corrected chi connectivity index (χ1v) is 11.3. The van der Waals surface area contributed by atoms with Crippen molar-refractivity contribution in [1.29, 1.82) is 0 Å². The molecule has 1 unspecified atom stereocenters. The monoisotopic (exact) mass is 417 g/mol. The van der Waals surface area contributed by atoms with E-state index in [9.17, 15) is 0 Å². The Bertz CT molecular complexity index is 1010. The molecule has 2 fully saturated rings. The zero-order chi connectivity index (χ0) is 21.4. The summed E-state index contributed by atoms with van der Waals surface area (Å²) in [4.78, 5) is 7.17. The van der Waals surface area contributed by atoms with Gasteiger partial charge in [-0.05, 0) is 73.8 Å². The van der Waals surface area contributed by atoms with E-state index in [0.29, 0.717) is 0 Å². The van der Waals surface area contributed by atoms with Crippen molar-refractivity contribution in [3.8, 4) is 11.4 Å². The maximum Gasteiger partial charge on any atom is 0.148 e. The first kappa shape index (κ1) is 20.1. The Kier molecular flexibility index (Phi) is 5.44. The van der Waals surface area contributed by atoms with Gasteiger partial charge in [0.25, 0.3) is 0 Å². The highest BCUT2D eigenvalue weighted by molar-refractivity contribution is 5.59. The lowest BCUT2D eigenvalue weighted by molar-refractivity contribution is 0.288. The minimum atomic E-state index is 0.717. The van der Waals surface area contributed by atoms with E-state index >= 15 is 0 Å². The molecule has 3 aromatic rings. The normalized spacial score (nSPS) is 23.3. The molecule has 31 heavy (non-hydrogen) atoms. The highest BCUT2D eigenvalue weighted by Gasteiger charge is 2.40. The average Bonchev–Trinajstić information content (AvgIpc) is 3.42. The topological polar surface area (TPSA) is 71.8 Å². The van der Waals surface area contributed by atoms with Gasteiger partial charge in [-0.1, -0.05) is 6.07 Å². The van der Waals surface area contributed by atoms with Gasteiger partial charge in [0.1, 0.15) is 11.5 Å². The second kappa shape index (κ2) is 8.38. The fraction of sp³-hybridized carbons (Fsp3) is 0.500. The maximum atomic E-state index is 4.58. The summed E-state index contributed by atoms with van der Waals surface area (Å²) in [6.07, 6.45) is 6.37. The van der Waals surface area contributed by atoms with Gasteiger partial charge >= 0.3 is 0 Å². The third-order valence-electron chi connectivity index (χ3n) is 7.02. The molecule has 0 bridgehead atoms. The number of fused-ring (bicyclic) bond motifs is 1. The van der Waals surface area contributed by atoms with E-state index in [4.69, 9.17) is 0 Å². The zero-order valence-corrected chi connectivity index (χ0v) is 18.6. The fourth-order valence-corrected chi connectivity index (χ4v) is 5.43. The third kappa shape index (κ3) is 4.19. The van der Waals surface area contributed by atoms with Gasteiger partial charge in [-0.15, -0.1) is 10.2 Å². The second-order valence-corrected chi connectivity index (χ2v) is 9.30. The molecule has 1 saturated heterocycles. The molecule has 3 aromatic heterocycles. The van der Waals surface area contributed by atoms with Gasteiger partial charge in [0.05, 0.1) is 17.6 Å². The van der Waals surface area contributed by atoms with Crippen LogP contribution in [0.2, 0.25) is 0 Å². The highest BCUT2D eigenvalue weighted by atomic mass is 15.3. The first-order chi connectivity index (χ1) is 15.1. The number of hydrogen-bond donors (Lipinski definition) is 1. The Hall–Kier alpha value is -2.80. The summed E-state index contributed by atoms with van der Waals surface area (Å²) in [7, 11) is 1.94. The molecular formula is C24H31N7. The lowest BCUT2D eigenvalue weighted by Crippen LogP contribution is -2.24. The minimum absolute atomic E-state index is 0.717. The van der Waals surface area contributed by atoms with Crippen LogP contribution < -0.4 is 5.32 Å². The number of likely N-dealkylation sites (tertiary alicyclic amines) is 1. The Balaban J connectivity index is 1.12. The summed E-state index contributed by atoms with van der Waals surface area (Å²) < 4.78 is 1.85. The van der Waals surface area contributed by atoms with Crippen molar-refractivity contribution in [3.05, 3.63) is 53.5 Å². The van der Waals surface area contributed by atoms with Crippen molar-refractivity contribution in [2.24, 2.45) is 24.8 Å². The number of pyridine rings is 1. The molecule has 4 heterocycles. The molecule has 1 N–H and O–H groups in total. The summed E-state index contributed by atoms with van der Waals surface area (Å²) in [5.41, 5.74) is 5.52.